The van der Waals surface area contributed by atoms with E-state index in [-0.39, 0.29) is 11.3 Å². The molecule has 0 saturated heterocycles. The Kier molecular flexibility index (Phi) is 3.20. The minimum atomic E-state index is -0.632. The predicted octanol–water partition coefficient (Wildman–Crippen LogP) is 3.61. The van der Waals surface area contributed by atoms with Gasteiger partial charge in [-0.2, -0.15) is 0 Å². The van der Waals surface area contributed by atoms with Crippen LogP contribution < -0.4 is 5.73 Å². The monoisotopic (exact) mass is 277 g/mol. The molecule has 0 aliphatic heterocycles. The molecule has 1 aromatic carbocycles. The Morgan fingerprint density at radius 2 is 1.80 bits per heavy atom. The molecule has 3 rings (SSSR count). The van der Waals surface area contributed by atoms with Gasteiger partial charge in [-0.15, -0.1) is 0 Å². The molecular formula is C15H17F2N3. The summed E-state index contributed by atoms with van der Waals surface area (Å²) in [4.78, 5) is 4.44. The van der Waals surface area contributed by atoms with Crippen molar-refractivity contribution < 1.29 is 8.78 Å². The first-order chi connectivity index (χ1) is 9.59. The van der Waals surface area contributed by atoms with Crippen LogP contribution in [0.2, 0.25) is 0 Å². The van der Waals surface area contributed by atoms with E-state index in [1.165, 1.54) is 31.0 Å². The van der Waals surface area contributed by atoms with Crippen LogP contribution in [0.5, 0.6) is 0 Å². The molecule has 1 fully saturated rings. The number of nitrogen functional groups attached to an aromatic ring is 1. The molecule has 1 aliphatic rings. The van der Waals surface area contributed by atoms with Gasteiger partial charge in [0.2, 0.25) is 0 Å². The van der Waals surface area contributed by atoms with Gasteiger partial charge in [0, 0.05) is 13.0 Å². The molecule has 0 unspecified atom stereocenters. The third-order valence-electron chi connectivity index (χ3n) is 4.09. The Bertz CT molecular complexity index is 623. The smallest absolute Gasteiger partial charge is 0.135 e. The second-order valence-electron chi connectivity index (χ2n) is 5.34. The average molecular weight is 277 g/mol. The van der Waals surface area contributed by atoms with Crippen molar-refractivity contribution in [2.75, 3.05) is 5.73 Å². The van der Waals surface area contributed by atoms with E-state index in [2.05, 4.69) is 4.98 Å². The molecule has 0 spiro atoms. The molecule has 5 heteroatoms. The highest BCUT2D eigenvalue weighted by Crippen LogP contribution is 2.37. The van der Waals surface area contributed by atoms with Crippen LogP contribution in [-0.4, -0.2) is 9.55 Å². The van der Waals surface area contributed by atoms with Gasteiger partial charge < -0.3 is 10.3 Å². The molecule has 1 heterocycles. The molecule has 0 radical (unpaired) electrons. The van der Waals surface area contributed by atoms with Gasteiger partial charge in [-0.3, -0.25) is 0 Å². The van der Waals surface area contributed by atoms with Crippen LogP contribution in [-0.2, 0) is 7.05 Å². The average Bonchev–Trinajstić information content (AvgIpc) is 3.02. The first kappa shape index (κ1) is 13.1. The standard InChI is InChI=1S/C15H17F2N3/c1-20-14(18)13(12-10(16)7-4-8-11(12)17)19-15(20)9-5-2-3-6-9/h4,7-9H,2-3,5-6,18H2,1H3. The van der Waals surface area contributed by atoms with E-state index in [9.17, 15) is 8.78 Å². The van der Waals surface area contributed by atoms with Crippen molar-refractivity contribution in [3.05, 3.63) is 35.7 Å². The zero-order chi connectivity index (χ0) is 14.3. The molecule has 1 aliphatic carbocycles. The Hall–Kier alpha value is -1.91. The molecular weight excluding hydrogens is 260 g/mol. The summed E-state index contributed by atoms with van der Waals surface area (Å²) in [7, 11) is 1.80. The van der Waals surface area contributed by atoms with Gasteiger partial charge in [0.25, 0.3) is 0 Å². The van der Waals surface area contributed by atoms with E-state index in [1.807, 2.05) is 0 Å². The van der Waals surface area contributed by atoms with Crippen LogP contribution in [0.25, 0.3) is 11.3 Å². The van der Waals surface area contributed by atoms with Crippen LogP contribution in [0.15, 0.2) is 18.2 Å². The van der Waals surface area contributed by atoms with Crippen LogP contribution in [0.4, 0.5) is 14.6 Å². The lowest BCUT2D eigenvalue weighted by Crippen LogP contribution is -2.05. The van der Waals surface area contributed by atoms with Crippen molar-refractivity contribution in [1.29, 1.82) is 0 Å². The quantitative estimate of drug-likeness (QED) is 0.911. The number of hydrogen-bond donors (Lipinski definition) is 1. The fraction of sp³-hybridized carbons (Fsp3) is 0.400. The number of hydrogen-bond acceptors (Lipinski definition) is 2. The first-order valence-corrected chi connectivity index (χ1v) is 6.86. The van der Waals surface area contributed by atoms with Crippen molar-refractivity contribution in [1.82, 2.24) is 9.55 Å². The fourth-order valence-corrected chi connectivity index (χ4v) is 2.99. The molecule has 0 bridgehead atoms. The largest absolute Gasteiger partial charge is 0.383 e. The van der Waals surface area contributed by atoms with Crippen molar-refractivity contribution in [3.63, 3.8) is 0 Å². The Balaban J connectivity index is 2.13. The maximum atomic E-state index is 13.9. The van der Waals surface area contributed by atoms with Gasteiger partial charge in [0.1, 0.15) is 29.0 Å². The summed E-state index contributed by atoms with van der Waals surface area (Å²) in [6.07, 6.45) is 4.45. The highest BCUT2D eigenvalue weighted by Gasteiger charge is 2.26. The van der Waals surface area contributed by atoms with E-state index in [0.717, 1.165) is 18.7 Å². The molecule has 2 N–H and O–H groups in total. The number of halogens is 2. The van der Waals surface area contributed by atoms with Crippen molar-refractivity contribution in [2.24, 2.45) is 7.05 Å². The Morgan fingerprint density at radius 1 is 1.20 bits per heavy atom. The molecule has 106 valence electrons. The highest BCUT2D eigenvalue weighted by molar-refractivity contribution is 5.72. The lowest BCUT2D eigenvalue weighted by Gasteiger charge is -2.08. The Morgan fingerprint density at radius 3 is 2.40 bits per heavy atom. The maximum absolute atomic E-state index is 13.9. The number of anilines is 1. The van der Waals surface area contributed by atoms with Crippen LogP contribution >= 0.6 is 0 Å². The number of imidazole rings is 1. The van der Waals surface area contributed by atoms with Gasteiger partial charge in [-0.25, -0.2) is 13.8 Å². The van der Waals surface area contributed by atoms with Gasteiger partial charge >= 0.3 is 0 Å². The fourth-order valence-electron chi connectivity index (χ4n) is 2.99. The summed E-state index contributed by atoms with van der Waals surface area (Å²) < 4.78 is 29.5. The van der Waals surface area contributed by atoms with Gasteiger partial charge in [-0.1, -0.05) is 18.9 Å². The van der Waals surface area contributed by atoms with Crippen molar-refractivity contribution in [2.45, 2.75) is 31.6 Å². The molecule has 0 amide bonds. The summed E-state index contributed by atoms with van der Waals surface area (Å²) in [5.74, 6) is 0.222. The molecule has 0 atom stereocenters. The summed E-state index contributed by atoms with van der Waals surface area (Å²) in [6, 6.07) is 3.79. The number of nitrogens with two attached hydrogens (primary N) is 1. The van der Waals surface area contributed by atoms with E-state index >= 15 is 0 Å². The van der Waals surface area contributed by atoms with Crippen molar-refractivity contribution >= 4 is 5.82 Å². The van der Waals surface area contributed by atoms with E-state index in [4.69, 9.17) is 5.73 Å². The van der Waals surface area contributed by atoms with Gasteiger partial charge in [0.15, 0.2) is 0 Å². The van der Waals surface area contributed by atoms with E-state index in [1.54, 1.807) is 11.6 Å². The molecule has 1 saturated carbocycles. The van der Waals surface area contributed by atoms with E-state index < -0.39 is 11.6 Å². The normalized spacial score (nSPS) is 15.9. The van der Waals surface area contributed by atoms with Crippen LogP contribution in [0.1, 0.15) is 37.4 Å². The summed E-state index contributed by atoms with van der Waals surface area (Å²) in [5.41, 5.74) is 6.09. The second kappa shape index (κ2) is 4.89. The van der Waals surface area contributed by atoms with Gasteiger partial charge in [-0.05, 0) is 25.0 Å². The van der Waals surface area contributed by atoms with Gasteiger partial charge in [0.05, 0.1) is 5.56 Å². The third kappa shape index (κ3) is 1.97. The molecule has 1 aromatic heterocycles. The zero-order valence-electron chi connectivity index (χ0n) is 11.4. The number of benzene rings is 1. The minimum Gasteiger partial charge on any atom is -0.383 e. The lowest BCUT2D eigenvalue weighted by molar-refractivity contribution is 0.588. The summed E-state index contributed by atoms with van der Waals surface area (Å²) >= 11 is 0. The second-order valence-corrected chi connectivity index (χ2v) is 5.34. The first-order valence-electron chi connectivity index (χ1n) is 6.86. The third-order valence-corrected chi connectivity index (χ3v) is 4.09. The number of nitrogens with zero attached hydrogens (tertiary/aromatic N) is 2. The molecule has 2 aromatic rings. The summed E-state index contributed by atoms with van der Waals surface area (Å²) in [6.45, 7) is 0. The predicted molar refractivity (Wildman–Crippen MR) is 74.2 cm³/mol. The van der Waals surface area contributed by atoms with Crippen LogP contribution in [0.3, 0.4) is 0 Å². The molecule has 20 heavy (non-hydrogen) atoms. The lowest BCUT2D eigenvalue weighted by atomic mass is 10.1. The Labute approximate surface area is 116 Å². The SMILES string of the molecule is Cn1c(C2CCCC2)nc(-c2c(F)cccc2F)c1N. The topological polar surface area (TPSA) is 43.8 Å². The molecule has 3 nitrogen and oxygen atoms in total. The number of aromatic nitrogens is 2. The van der Waals surface area contributed by atoms with E-state index in [0.29, 0.717) is 11.7 Å². The zero-order valence-corrected chi connectivity index (χ0v) is 11.4. The summed E-state index contributed by atoms with van der Waals surface area (Å²) in [5, 5.41) is 0. The van der Waals surface area contributed by atoms with Crippen molar-refractivity contribution in [3.8, 4) is 11.3 Å². The minimum absolute atomic E-state index is 0.134. The van der Waals surface area contributed by atoms with Crippen LogP contribution in [0, 0.1) is 11.6 Å². The number of rotatable bonds is 2. The maximum Gasteiger partial charge on any atom is 0.135 e. The highest BCUT2D eigenvalue weighted by atomic mass is 19.1.